The molecule has 16 heavy (non-hydrogen) atoms. The summed E-state index contributed by atoms with van der Waals surface area (Å²) in [6.07, 6.45) is 1.77. The van der Waals surface area contributed by atoms with E-state index in [0.29, 0.717) is 0 Å². The molecule has 0 bridgehead atoms. The molecule has 2 heteroatoms. The van der Waals surface area contributed by atoms with Crippen LogP contribution < -0.4 is 0 Å². The molecule has 2 nitrogen and oxygen atoms in total. The monoisotopic (exact) mass is 220 g/mol. The first-order valence-electron chi connectivity index (χ1n) is 5.99. The molecule has 1 aromatic carbocycles. The van der Waals surface area contributed by atoms with E-state index in [1.807, 2.05) is 12.1 Å². The molecule has 1 heterocycles. The highest BCUT2D eigenvalue weighted by Crippen LogP contribution is 2.32. The molecule has 0 amide bonds. The Labute approximate surface area is 97.3 Å². The van der Waals surface area contributed by atoms with Crippen molar-refractivity contribution in [1.29, 1.82) is 0 Å². The first kappa shape index (κ1) is 11.6. The summed E-state index contributed by atoms with van der Waals surface area (Å²) in [7, 11) is 0. The zero-order valence-corrected chi connectivity index (χ0v) is 10.2. The topological polar surface area (TPSA) is 29.5 Å². The Balaban J connectivity index is 2.20. The van der Waals surface area contributed by atoms with Gasteiger partial charge < -0.3 is 9.84 Å². The standard InChI is InChI=1S/C14H20O2/c1-9-5-4-6-12(11(9)3)14(15)13-8-7-10(2)16-13/h4-6,10,13-15H,7-8H2,1-3H3. The molecule has 2 rings (SSSR count). The zero-order valence-electron chi connectivity index (χ0n) is 10.2. The number of rotatable bonds is 2. The second-order valence-corrected chi connectivity index (χ2v) is 4.80. The van der Waals surface area contributed by atoms with Crippen molar-refractivity contribution in [3.05, 3.63) is 34.9 Å². The smallest absolute Gasteiger partial charge is 0.105 e. The van der Waals surface area contributed by atoms with Gasteiger partial charge in [-0.05, 0) is 50.3 Å². The number of aliphatic hydroxyl groups is 1. The molecule has 1 fully saturated rings. The van der Waals surface area contributed by atoms with Gasteiger partial charge in [0.2, 0.25) is 0 Å². The van der Waals surface area contributed by atoms with Crippen molar-refractivity contribution >= 4 is 0 Å². The predicted octanol–water partition coefficient (Wildman–Crippen LogP) is 2.90. The van der Waals surface area contributed by atoms with Gasteiger partial charge in [-0.25, -0.2) is 0 Å². The van der Waals surface area contributed by atoms with Crippen molar-refractivity contribution < 1.29 is 9.84 Å². The minimum absolute atomic E-state index is 0.0319. The molecule has 0 aliphatic carbocycles. The summed E-state index contributed by atoms with van der Waals surface area (Å²) in [4.78, 5) is 0. The van der Waals surface area contributed by atoms with Gasteiger partial charge in [-0.15, -0.1) is 0 Å². The molecule has 3 unspecified atom stereocenters. The highest BCUT2D eigenvalue weighted by Gasteiger charge is 2.30. The molecule has 1 aromatic rings. The molecule has 1 aliphatic heterocycles. The Morgan fingerprint density at radius 3 is 2.69 bits per heavy atom. The Morgan fingerprint density at radius 2 is 2.06 bits per heavy atom. The van der Waals surface area contributed by atoms with E-state index in [-0.39, 0.29) is 12.2 Å². The minimum atomic E-state index is -0.482. The summed E-state index contributed by atoms with van der Waals surface area (Å²) >= 11 is 0. The molecule has 88 valence electrons. The molecule has 0 radical (unpaired) electrons. The molecule has 1 aliphatic rings. The molecule has 0 saturated carbocycles. The quantitative estimate of drug-likeness (QED) is 0.830. The minimum Gasteiger partial charge on any atom is -0.386 e. The zero-order chi connectivity index (χ0) is 11.7. The fourth-order valence-corrected chi connectivity index (χ4v) is 2.36. The molecule has 1 saturated heterocycles. The molecular formula is C14H20O2. The first-order chi connectivity index (χ1) is 7.59. The van der Waals surface area contributed by atoms with E-state index in [1.54, 1.807) is 0 Å². The van der Waals surface area contributed by atoms with E-state index in [2.05, 4.69) is 26.8 Å². The van der Waals surface area contributed by atoms with Gasteiger partial charge in [0, 0.05) is 0 Å². The van der Waals surface area contributed by atoms with E-state index >= 15 is 0 Å². The number of benzene rings is 1. The summed E-state index contributed by atoms with van der Waals surface area (Å²) in [5.74, 6) is 0. The van der Waals surface area contributed by atoms with Crippen molar-refractivity contribution in [2.24, 2.45) is 0 Å². The first-order valence-corrected chi connectivity index (χ1v) is 5.99. The van der Waals surface area contributed by atoms with Gasteiger partial charge in [0.25, 0.3) is 0 Å². The lowest BCUT2D eigenvalue weighted by Gasteiger charge is -2.21. The van der Waals surface area contributed by atoms with Crippen molar-refractivity contribution in [2.45, 2.75) is 51.9 Å². The number of hydrogen-bond donors (Lipinski definition) is 1. The van der Waals surface area contributed by atoms with Crippen LogP contribution in [0.15, 0.2) is 18.2 Å². The largest absolute Gasteiger partial charge is 0.386 e. The van der Waals surface area contributed by atoms with Crippen LogP contribution in [-0.4, -0.2) is 17.3 Å². The Hall–Kier alpha value is -0.860. The van der Waals surface area contributed by atoms with E-state index in [0.717, 1.165) is 18.4 Å². The second-order valence-electron chi connectivity index (χ2n) is 4.80. The van der Waals surface area contributed by atoms with Gasteiger partial charge in [-0.2, -0.15) is 0 Å². The van der Waals surface area contributed by atoms with Crippen LogP contribution in [-0.2, 0) is 4.74 Å². The van der Waals surface area contributed by atoms with Crippen molar-refractivity contribution in [2.75, 3.05) is 0 Å². The fourth-order valence-electron chi connectivity index (χ4n) is 2.36. The lowest BCUT2D eigenvalue weighted by atomic mass is 9.95. The summed E-state index contributed by atoms with van der Waals surface area (Å²) in [6.45, 7) is 6.20. The molecule has 0 spiro atoms. The summed E-state index contributed by atoms with van der Waals surface area (Å²) in [6, 6.07) is 6.07. The second kappa shape index (κ2) is 4.56. The van der Waals surface area contributed by atoms with Crippen LogP contribution in [0.1, 0.15) is 42.6 Å². The van der Waals surface area contributed by atoms with Crippen LogP contribution in [0, 0.1) is 13.8 Å². The third-order valence-corrected chi connectivity index (χ3v) is 3.58. The fraction of sp³-hybridized carbons (Fsp3) is 0.571. The Morgan fingerprint density at radius 1 is 1.31 bits per heavy atom. The SMILES string of the molecule is Cc1cccc(C(O)C2CCC(C)O2)c1C. The summed E-state index contributed by atoms with van der Waals surface area (Å²) in [5.41, 5.74) is 3.42. The highest BCUT2D eigenvalue weighted by atomic mass is 16.5. The van der Waals surface area contributed by atoms with E-state index < -0.39 is 6.10 Å². The van der Waals surface area contributed by atoms with Crippen LogP contribution in [0.25, 0.3) is 0 Å². The third kappa shape index (κ3) is 2.13. The Kier molecular flexibility index (Phi) is 3.31. The van der Waals surface area contributed by atoms with Gasteiger partial charge >= 0.3 is 0 Å². The van der Waals surface area contributed by atoms with Gasteiger partial charge in [0.1, 0.15) is 6.10 Å². The van der Waals surface area contributed by atoms with Crippen molar-refractivity contribution in [3.8, 4) is 0 Å². The molecule has 1 N–H and O–H groups in total. The maximum atomic E-state index is 10.3. The van der Waals surface area contributed by atoms with Crippen molar-refractivity contribution in [1.82, 2.24) is 0 Å². The normalized spacial score (nSPS) is 27.0. The van der Waals surface area contributed by atoms with Gasteiger partial charge in [0.05, 0.1) is 12.2 Å². The molecular weight excluding hydrogens is 200 g/mol. The summed E-state index contributed by atoms with van der Waals surface area (Å²) in [5, 5.41) is 10.3. The van der Waals surface area contributed by atoms with E-state index in [4.69, 9.17) is 4.74 Å². The van der Waals surface area contributed by atoms with Crippen LogP contribution >= 0.6 is 0 Å². The lowest BCUT2D eigenvalue weighted by molar-refractivity contribution is -0.0300. The Bertz CT molecular complexity index is 373. The average molecular weight is 220 g/mol. The van der Waals surface area contributed by atoms with E-state index in [1.165, 1.54) is 11.1 Å². The highest BCUT2D eigenvalue weighted by molar-refractivity contribution is 5.35. The van der Waals surface area contributed by atoms with E-state index in [9.17, 15) is 5.11 Å². The van der Waals surface area contributed by atoms with Gasteiger partial charge in [-0.3, -0.25) is 0 Å². The maximum Gasteiger partial charge on any atom is 0.105 e. The van der Waals surface area contributed by atoms with Crippen LogP contribution in [0.5, 0.6) is 0 Å². The number of aliphatic hydroxyl groups excluding tert-OH is 1. The van der Waals surface area contributed by atoms with Crippen LogP contribution in [0.4, 0.5) is 0 Å². The maximum absolute atomic E-state index is 10.3. The van der Waals surface area contributed by atoms with Crippen LogP contribution in [0.2, 0.25) is 0 Å². The lowest BCUT2D eigenvalue weighted by Crippen LogP contribution is -2.19. The molecule has 0 aromatic heterocycles. The number of hydrogen-bond acceptors (Lipinski definition) is 2. The van der Waals surface area contributed by atoms with Gasteiger partial charge in [0.15, 0.2) is 0 Å². The van der Waals surface area contributed by atoms with Crippen LogP contribution in [0.3, 0.4) is 0 Å². The van der Waals surface area contributed by atoms with Gasteiger partial charge in [-0.1, -0.05) is 18.2 Å². The van der Waals surface area contributed by atoms with Crippen molar-refractivity contribution in [3.63, 3.8) is 0 Å². The third-order valence-electron chi connectivity index (χ3n) is 3.58. The number of aryl methyl sites for hydroxylation is 1. The average Bonchev–Trinajstić information content (AvgIpc) is 2.68. The molecule has 3 atom stereocenters. The number of ether oxygens (including phenoxy) is 1. The summed E-state index contributed by atoms with van der Waals surface area (Å²) < 4.78 is 5.72. The predicted molar refractivity (Wildman–Crippen MR) is 64.4 cm³/mol.